The lowest BCUT2D eigenvalue weighted by molar-refractivity contribution is -0.146. The molecule has 1 atom stereocenters. The minimum Gasteiger partial charge on any atom is -0.480 e. The number of carboxylic acids is 4. The summed E-state index contributed by atoms with van der Waals surface area (Å²) in [7, 11) is 0. The minimum absolute atomic E-state index is 0.205. The Hall–Kier alpha value is -3.18. The van der Waals surface area contributed by atoms with Crippen LogP contribution < -0.4 is 5.73 Å². The van der Waals surface area contributed by atoms with E-state index in [1.807, 2.05) is 0 Å². The van der Waals surface area contributed by atoms with Crippen molar-refractivity contribution in [1.29, 1.82) is 0 Å². The van der Waals surface area contributed by atoms with Crippen molar-refractivity contribution >= 4 is 29.6 Å². The third kappa shape index (κ3) is 8.16. The SMILES string of the molecule is Nc1ccc([C@@H](CN(CC(=O)O)CC(=O)O)N(CC(=O)O)CC(=O)O)cc1. The predicted molar refractivity (Wildman–Crippen MR) is 92.2 cm³/mol. The first kappa shape index (κ1) is 21.9. The predicted octanol–water partition coefficient (Wildman–Crippen LogP) is -0.748. The van der Waals surface area contributed by atoms with Gasteiger partial charge in [0.2, 0.25) is 0 Å². The number of carboxylic acid groups (broad SMARTS) is 4. The molecule has 0 saturated heterocycles. The van der Waals surface area contributed by atoms with Crippen LogP contribution in [0, 0.1) is 0 Å². The molecule has 0 aliphatic carbocycles. The van der Waals surface area contributed by atoms with Crippen LogP contribution in [0.5, 0.6) is 0 Å². The molecule has 0 bridgehead atoms. The highest BCUT2D eigenvalue weighted by Gasteiger charge is 2.28. The van der Waals surface area contributed by atoms with Gasteiger partial charge in [0, 0.05) is 18.3 Å². The molecule has 11 heteroatoms. The Bertz CT molecular complexity index is 659. The van der Waals surface area contributed by atoms with Gasteiger partial charge in [-0.1, -0.05) is 12.1 Å². The third-order valence-electron chi connectivity index (χ3n) is 3.59. The van der Waals surface area contributed by atoms with Crippen LogP contribution in [-0.2, 0) is 19.2 Å². The van der Waals surface area contributed by atoms with E-state index in [1.54, 1.807) is 12.1 Å². The molecule has 1 aromatic carbocycles. The van der Waals surface area contributed by atoms with Gasteiger partial charge in [-0.05, 0) is 17.7 Å². The summed E-state index contributed by atoms with van der Waals surface area (Å²) in [5.74, 6) is -5.09. The molecule has 1 aromatic rings. The molecule has 0 fully saturated rings. The fourth-order valence-electron chi connectivity index (χ4n) is 2.59. The van der Waals surface area contributed by atoms with E-state index in [4.69, 9.17) is 26.2 Å². The fraction of sp³-hybridized carbons (Fsp3) is 0.375. The molecule has 27 heavy (non-hydrogen) atoms. The van der Waals surface area contributed by atoms with Crippen LogP contribution in [0.1, 0.15) is 11.6 Å². The molecule has 0 amide bonds. The van der Waals surface area contributed by atoms with Gasteiger partial charge in [-0.3, -0.25) is 29.0 Å². The number of aliphatic carboxylic acids is 4. The Morgan fingerprint density at radius 2 is 1.19 bits per heavy atom. The van der Waals surface area contributed by atoms with Crippen LogP contribution in [0.4, 0.5) is 5.69 Å². The van der Waals surface area contributed by atoms with E-state index >= 15 is 0 Å². The van der Waals surface area contributed by atoms with Crippen molar-refractivity contribution in [3.05, 3.63) is 29.8 Å². The summed E-state index contributed by atoms with van der Waals surface area (Å²) in [5.41, 5.74) is 6.53. The number of nitrogen functional groups attached to an aromatic ring is 1. The van der Waals surface area contributed by atoms with Crippen molar-refractivity contribution in [3.8, 4) is 0 Å². The van der Waals surface area contributed by atoms with E-state index in [0.29, 0.717) is 11.3 Å². The maximum atomic E-state index is 11.2. The zero-order chi connectivity index (χ0) is 20.6. The standard InChI is InChI=1S/C16H21N3O8/c17-11-3-1-10(2-4-11)12(19(8-15(24)25)9-16(26)27)5-18(6-13(20)21)7-14(22)23/h1-4,12H,5-9,17H2,(H,20,21)(H,22,23)(H,24,25)(H,26,27)/t12-/m1/s1. The maximum Gasteiger partial charge on any atom is 0.317 e. The molecule has 1 rings (SSSR count). The quantitative estimate of drug-likeness (QED) is 0.286. The summed E-state index contributed by atoms with van der Waals surface area (Å²) < 4.78 is 0. The summed E-state index contributed by atoms with van der Waals surface area (Å²) in [5, 5.41) is 36.2. The molecule has 148 valence electrons. The highest BCUT2D eigenvalue weighted by Crippen LogP contribution is 2.23. The number of carbonyl (C=O) groups is 4. The van der Waals surface area contributed by atoms with E-state index in [0.717, 1.165) is 9.80 Å². The van der Waals surface area contributed by atoms with E-state index in [9.17, 15) is 19.2 Å². The van der Waals surface area contributed by atoms with Crippen molar-refractivity contribution in [3.63, 3.8) is 0 Å². The number of nitrogens with two attached hydrogens (primary N) is 1. The van der Waals surface area contributed by atoms with Gasteiger partial charge in [-0.15, -0.1) is 0 Å². The molecule has 6 N–H and O–H groups in total. The Labute approximate surface area is 154 Å². The van der Waals surface area contributed by atoms with Gasteiger partial charge >= 0.3 is 23.9 Å². The second-order valence-electron chi connectivity index (χ2n) is 5.83. The summed E-state index contributed by atoms with van der Waals surface area (Å²) >= 11 is 0. The van der Waals surface area contributed by atoms with Gasteiger partial charge in [-0.25, -0.2) is 0 Å². The van der Waals surface area contributed by atoms with Gasteiger partial charge in [0.25, 0.3) is 0 Å². The van der Waals surface area contributed by atoms with Gasteiger partial charge < -0.3 is 26.2 Å². The van der Waals surface area contributed by atoms with Gasteiger partial charge in [0.15, 0.2) is 0 Å². The third-order valence-corrected chi connectivity index (χ3v) is 3.59. The molecule has 0 aliphatic heterocycles. The van der Waals surface area contributed by atoms with Crippen LogP contribution in [0.3, 0.4) is 0 Å². The van der Waals surface area contributed by atoms with Crippen molar-refractivity contribution in [1.82, 2.24) is 9.80 Å². The molecular formula is C16H21N3O8. The van der Waals surface area contributed by atoms with Crippen LogP contribution in [0.15, 0.2) is 24.3 Å². The molecule has 0 aliphatic rings. The number of hydrogen-bond donors (Lipinski definition) is 5. The smallest absolute Gasteiger partial charge is 0.317 e. The summed E-state index contributed by atoms with van der Waals surface area (Å²) in [6.45, 7) is -2.68. The molecule has 0 aromatic heterocycles. The lowest BCUT2D eigenvalue weighted by Crippen LogP contribution is -2.45. The topological polar surface area (TPSA) is 182 Å². The van der Waals surface area contributed by atoms with E-state index < -0.39 is 56.1 Å². The van der Waals surface area contributed by atoms with Gasteiger partial charge in [0.1, 0.15) is 0 Å². The van der Waals surface area contributed by atoms with Crippen LogP contribution in [0.2, 0.25) is 0 Å². The first-order valence-electron chi connectivity index (χ1n) is 7.77. The van der Waals surface area contributed by atoms with Crippen molar-refractivity contribution in [2.75, 3.05) is 38.5 Å². The van der Waals surface area contributed by atoms with Crippen molar-refractivity contribution in [2.45, 2.75) is 6.04 Å². The van der Waals surface area contributed by atoms with Crippen LogP contribution in [-0.4, -0.2) is 86.8 Å². The van der Waals surface area contributed by atoms with Crippen LogP contribution >= 0.6 is 0 Å². The van der Waals surface area contributed by atoms with Crippen molar-refractivity contribution < 1.29 is 39.6 Å². The lowest BCUT2D eigenvalue weighted by atomic mass is 10.0. The van der Waals surface area contributed by atoms with Crippen LogP contribution in [0.25, 0.3) is 0 Å². The lowest BCUT2D eigenvalue weighted by Gasteiger charge is -2.33. The van der Waals surface area contributed by atoms with Crippen molar-refractivity contribution in [2.24, 2.45) is 0 Å². The number of anilines is 1. The monoisotopic (exact) mass is 383 g/mol. The Morgan fingerprint density at radius 1 is 0.778 bits per heavy atom. The Balaban J connectivity index is 3.25. The Kier molecular flexibility index (Phi) is 8.17. The molecular weight excluding hydrogens is 362 g/mol. The van der Waals surface area contributed by atoms with E-state index in [1.165, 1.54) is 12.1 Å². The molecule has 11 nitrogen and oxygen atoms in total. The number of hydrogen-bond acceptors (Lipinski definition) is 7. The number of nitrogens with zero attached hydrogens (tertiary/aromatic N) is 2. The van der Waals surface area contributed by atoms with E-state index in [2.05, 4.69) is 0 Å². The second kappa shape index (κ2) is 10.1. The van der Waals surface area contributed by atoms with Gasteiger partial charge in [-0.2, -0.15) is 0 Å². The number of rotatable bonds is 12. The zero-order valence-corrected chi connectivity index (χ0v) is 14.3. The molecule has 0 heterocycles. The van der Waals surface area contributed by atoms with Gasteiger partial charge in [0.05, 0.1) is 26.2 Å². The molecule has 0 unspecified atom stereocenters. The average Bonchev–Trinajstić information content (AvgIpc) is 2.50. The first-order chi connectivity index (χ1) is 12.6. The largest absolute Gasteiger partial charge is 0.480 e. The molecule has 0 saturated carbocycles. The second-order valence-corrected chi connectivity index (χ2v) is 5.83. The first-order valence-corrected chi connectivity index (χ1v) is 7.77. The zero-order valence-electron chi connectivity index (χ0n) is 14.3. The maximum absolute atomic E-state index is 11.2. The summed E-state index contributed by atoms with van der Waals surface area (Å²) in [6, 6.07) is 5.28. The highest BCUT2D eigenvalue weighted by molar-refractivity contribution is 5.73. The fourth-order valence-corrected chi connectivity index (χ4v) is 2.59. The highest BCUT2D eigenvalue weighted by atomic mass is 16.4. The average molecular weight is 383 g/mol. The molecule has 0 spiro atoms. The summed E-state index contributed by atoms with van der Waals surface area (Å²) in [6.07, 6.45) is 0. The Morgan fingerprint density at radius 3 is 1.56 bits per heavy atom. The van der Waals surface area contributed by atoms with E-state index in [-0.39, 0.29) is 6.54 Å². The normalized spacial score (nSPS) is 12.1. The molecule has 0 radical (unpaired) electrons. The summed E-state index contributed by atoms with van der Waals surface area (Å²) in [4.78, 5) is 46.6. The number of benzene rings is 1. The minimum atomic E-state index is -1.28.